The van der Waals surface area contributed by atoms with Gasteiger partial charge in [0.1, 0.15) is 0 Å². The van der Waals surface area contributed by atoms with Crippen LogP contribution in [0, 0.1) is 0 Å². The Kier molecular flexibility index (Phi) is 4.97. The number of hydrogen-bond acceptors (Lipinski definition) is 4. The number of aliphatic hydroxyl groups excluding tert-OH is 1. The number of aromatic nitrogens is 1. The van der Waals surface area contributed by atoms with E-state index in [0.717, 1.165) is 25.9 Å². The zero-order chi connectivity index (χ0) is 9.52. The zero-order valence-corrected chi connectivity index (χ0v) is 8.73. The first kappa shape index (κ1) is 10.6. The third kappa shape index (κ3) is 3.85. The van der Waals surface area contributed by atoms with E-state index in [1.165, 1.54) is 9.88 Å². The van der Waals surface area contributed by atoms with Crippen LogP contribution in [0.5, 0.6) is 0 Å². The number of nitrogens with zero attached hydrogens (tertiary/aromatic N) is 1. The lowest BCUT2D eigenvalue weighted by atomic mass is 10.4. The molecule has 0 atom stereocenters. The van der Waals surface area contributed by atoms with E-state index in [1.54, 1.807) is 11.3 Å². The van der Waals surface area contributed by atoms with Gasteiger partial charge in [0.2, 0.25) is 0 Å². The number of nitrogens with one attached hydrogen (secondary N) is 1. The van der Waals surface area contributed by atoms with Crippen LogP contribution in [0.1, 0.15) is 23.2 Å². The van der Waals surface area contributed by atoms with Gasteiger partial charge in [-0.2, -0.15) is 0 Å². The molecule has 0 unspecified atom stereocenters. The quantitative estimate of drug-likeness (QED) is 0.678. The zero-order valence-electron chi connectivity index (χ0n) is 7.92. The van der Waals surface area contributed by atoms with E-state index in [2.05, 4.69) is 17.2 Å². The van der Waals surface area contributed by atoms with Crippen LogP contribution >= 0.6 is 11.3 Å². The summed E-state index contributed by atoms with van der Waals surface area (Å²) < 4.78 is 0. The Balaban J connectivity index is 2.20. The highest BCUT2D eigenvalue weighted by molar-refractivity contribution is 7.11. The lowest BCUT2D eigenvalue weighted by Gasteiger charge is -1.99. The average molecular weight is 200 g/mol. The van der Waals surface area contributed by atoms with Crippen molar-refractivity contribution < 1.29 is 5.11 Å². The molecule has 4 heteroatoms. The first-order chi connectivity index (χ1) is 6.36. The predicted molar refractivity (Wildman–Crippen MR) is 54.9 cm³/mol. The van der Waals surface area contributed by atoms with Crippen molar-refractivity contribution in [2.45, 2.75) is 26.3 Å². The van der Waals surface area contributed by atoms with Gasteiger partial charge in [-0.1, -0.05) is 6.92 Å². The largest absolute Gasteiger partial charge is 0.396 e. The van der Waals surface area contributed by atoms with Crippen LogP contribution < -0.4 is 5.32 Å². The van der Waals surface area contributed by atoms with E-state index in [9.17, 15) is 0 Å². The molecule has 0 aliphatic heterocycles. The number of hydrogen-bond donors (Lipinski definition) is 2. The fraction of sp³-hybridized carbons (Fsp3) is 0.667. The Morgan fingerprint density at radius 3 is 3.08 bits per heavy atom. The SMILES string of the molecule is CCc1ncc(CNCCCO)s1. The van der Waals surface area contributed by atoms with Crippen LogP contribution in [-0.2, 0) is 13.0 Å². The second-order valence-corrected chi connectivity index (χ2v) is 4.03. The Bertz CT molecular complexity index is 237. The summed E-state index contributed by atoms with van der Waals surface area (Å²) in [6.45, 7) is 4.12. The van der Waals surface area contributed by atoms with Gasteiger partial charge in [0, 0.05) is 24.2 Å². The molecule has 74 valence electrons. The van der Waals surface area contributed by atoms with Crippen molar-refractivity contribution in [1.29, 1.82) is 0 Å². The van der Waals surface area contributed by atoms with Gasteiger partial charge >= 0.3 is 0 Å². The van der Waals surface area contributed by atoms with E-state index in [0.29, 0.717) is 0 Å². The summed E-state index contributed by atoms with van der Waals surface area (Å²) in [6, 6.07) is 0. The van der Waals surface area contributed by atoms with Gasteiger partial charge in [0.15, 0.2) is 0 Å². The predicted octanol–water partition coefficient (Wildman–Crippen LogP) is 1.18. The van der Waals surface area contributed by atoms with Crippen LogP contribution in [0.3, 0.4) is 0 Å². The molecule has 0 amide bonds. The fourth-order valence-corrected chi connectivity index (χ4v) is 1.84. The topological polar surface area (TPSA) is 45.2 Å². The monoisotopic (exact) mass is 200 g/mol. The van der Waals surface area contributed by atoms with Gasteiger partial charge in [0.05, 0.1) is 5.01 Å². The molecule has 2 N–H and O–H groups in total. The molecule has 0 aromatic carbocycles. The van der Waals surface area contributed by atoms with Crippen molar-refractivity contribution in [2.24, 2.45) is 0 Å². The smallest absolute Gasteiger partial charge is 0.0925 e. The molecule has 1 aromatic rings. The molecule has 1 heterocycles. The lowest BCUT2D eigenvalue weighted by Crippen LogP contribution is -2.14. The molecule has 0 saturated heterocycles. The van der Waals surface area contributed by atoms with E-state index in [4.69, 9.17) is 5.11 Å². The van der Waals surface area contributed by atoms with Crippen LogP contribution in [0.4, 0.5) is 0 Å². The van der Waals surface area contributed by atoms with Crippen molar-refractivity contribution in [1.82, 2.24) is 10.3 Å². The average Bonchev–Trinajstić information content (AvgIpc) is 2.60. The third-order valence-electron chi connectivity index (χ3n) is 1.71. The summed E-state index contributed by atoms with van der Waals surface area (Å²) in [4.78, 5) is 5.54. The highest BCUT2D eigenvalue weighted by Crippen LogP contribution is 2.12. The van der Waals surface area contributed by atoms with Gasteiger partial charge in [-0.15, -0.1) is 11.3 Å². The van der Waals surface area contributed by atoms with E-state index >= 15 is 0 Å². The molecule has 0 saturated carbocycles. The number of aryl methyl sites for hydroxylation is 1. The van der Waals surface area contributed by atoms with Crippen molar-refractivity contribution in [3.63, 3.8) is 0 Å². The Hall–Kier alpha value is -0.450. The second kappa shape index (κ2) is 6.07. The van der Waals surface area contributed by atoms with E-state index in [1.807, 2.05) is 6.20 Å². The van der Waals surface area contributed by atoms with Gasteiger partial charge in [-0.05, 0) is 19.4 Å². The van der Waals surface area contributed by atoms with E-state index in [-0.39, 0.29) is 6.61 Å². The van der Waals surface area contributed by atoms with Crippen LogP contribution in [0.2, 0.25) is 0 Å². The summed E-state index contributed by atoms with van der Waals surface area (Å²) in [5.41, 5.74) is 0. The molecule has 3 nitrogen and oxygen atoms in total. The minimum atomic E-state index is 0.260. The highest BCUT2D eigenvalue weighted by atomic mass is 32.1. The molecular formula is C9H16N2OS. The first-order valence-electron chi connectivity index (χ1n) is 4.62. The minimum Gasteiger partial charge on any atom is -0.396 e. The molecule has 13 heavy (non-hydrogen) atoms. The Labute approximate surface area is 82.8 Å². The molecule has 1 rings (SSSR count). The third-order valence-corrected chi connectivity index (χ3v) is 2.86. The normalized spacial score (nSPS) is 10.6. The van der Waals surface area contributed by atoms with Gasteiger partial charge in [-0.25, -0.2) is 4.98 Å². The van der Waals surface area contributed by atoms with Crippen molar-refractivity contribution in [3.05, 3.63) is 16.1 Å². The van der Waals surface area contributed by atoms with Crippen LogP contribution in [-0.4, -0.2) is 23.2 Å². The van der Waals surface area contributed by atoms with E-state index < -0.39 is 0 Å². The standard InChI is InChI=1S/C9H16N2OS/c1-2-9-11-7-8(13-9)6-10-4-3-5-12/h7,10,12H,2-6H2,1H3. The molecular weight excluding hydrogens is 184 g/mol. The maximum Gasteiger partial charge on any atom is 0.0925 e. The van der Waals surface area contributed by atoms with Gasteiger partial charge in [0.25, 0.3) is 0 Å². The summed E-state index contributed by atoms with van der Waals surface area (Å²) in [5, 5.41) is 13.0. The molecule has 0 bridgehead atoms. The summed E-state index contributed by atoms with van der Waals surface area (Å²) in [5.74, 6) is 0. The van der Waals surface area contributed by atoms with Gasteiger partial charge in [-0.3, -0.25) is 0 Å². The summed E-state index contributed by atoms with van der Waals surface area (Å²) >= 11 is 1.75. The van der Waals surface area contributed by atoms with Gasteiger partial charge < -0.3 is 10.4 Å². The van der Waals surface area contributed by atoms with Crippen LogP contribution in [0.25, 0.3) is 0 Å². The lowest BCUT2D eigenvalue weighted by molar-refractivity contribution is 0.286. The second-order valence-electron chi connectivity index (χ2n) is 2.83. The number of aliphatic hydroxyl groups is 1. The molecule has 1 aromatic heterocycles. The molecule has 0 aliphatic rings. The maximum atomic E-state index is 8.56. The molecule has 0 fully saturated rings. The fourth-order valence-electron chi connectivity index (χ4n) is 1.01. The van der Waals surface area contributed by atoms with Crippen LogP contribution in [0.15, 0.2) is 6.20 Å². The summed E-state index contributed by atoms with van der Waals surface area (Å²) in [6.07, 6.45) is 3.76. The highest BCUT2D eigenvalue weighted by Gasteiger charge is 1.98. The molecule has 0 spiro atoms. The van der Waals surface area contributed by atoms with Crippen molar-refractivity contribution in [3.8, 4) is 0 Å². The Morgan fingerprint density at radius 1 is 1.62 bits per heavy atom. The number of thiazole rings is 1. The number of rotatable bonds is 6. The van der Waals surface area contributed by atoms with Crippen molar-refractivity contribution in [2.75, 3.05) is 13.2 Å². The molecule has 0 radical (unpaired) electrons. The van der Waals surface area contributed by atoms with Crippen molar-refractivity contribution >= 4 is 11.3 Å². The maximum absolute atomic E-state index is 8.56. The molecule has 0 aliphatic carbocycles. The minimum absolute atomic E-state index is 0.260. The summed E-state index contributed by atoms with van der Waals surface area (Å²) in [7, 11) is 0. The Morgan fingerprint density at radius 2 is 2.46 bits per heavy atom. The first-order valence-corrected chi connectivity index (χ1v) is 5.43.